The van der Waals surface area contributed by atoms with Crippen LogP contribution in [-0.4, -0.2) is 13.1 Å². The van der Waals surface area contributed by atoms with E-state index in [1.807, 2.05) is 0 Å². The van der Waals surface area contributed by atoms with Gasteiger partial charge in [0.1, 0.15) is 10.7 Å². The number of methoxy groups -OCH3 is 1. The first-order valence-corrected chi connectivity index (χ1v) is 6.99. The van der Waals surface area contributed by atoms with Gasteiger partial charge in [0.05, 0.1) is 17.3 Å². The number of ether oxygens (including phenoxy) is 1. The minimum Gasteiger partial charge on any atom is -0.465 e. The predicted molar refractivity (Wildman–Crippen MR) is 77.9 cm³/mol. The standard InChI is InChI=1S/C13H11BrFNO2S/c1-6-10(16)12(13(17)18-2)19-11(6)7-3-4-8(14)9(15)5-7/h3-5H,16H2,1-2H3. The second-order valence-electron chi connectivity index (χ2n) is 3.92. The first kappa shape index (κ1) is 14.0. The van der Waals surface area contributed by atoms with E-state index in [2.05, 4.69) is 20.7 Å². The Bertz CT molecular complexity index is 654. The van der Waals surface area contributed by atoms with E-state index in [1.165, 1.54) is 24.5 Å². The number of hydrogen-bond donors (Lipinski definition) is 1. The molecule has 1 heterocycles. The van der Waals surface area contributed by atoms with Gasteiger partial charge in [-0.2, -0.15) is 0 Å². The smallest absolute Gasteiger partial charge is 0.350 e. The molecule has 0 saturated carbocycles. The Morgan fingerprint density at radius 1 is 1.47 bits per heavy atom. The van der Waals surface area contributed by atoms with Gasteiger partial charge in [-0.25, -0.2) is 9.18 Å². The minimum absolute atomic E-state index is 0.346. The molecule has 19 heavy (non-hydrogen) atoms. The van der Waals surface area contributed by atoms with Crippen molar-refractivity contribution in [1.82, 2.24) is 0 Å². The lowest BCUT2D eigenvalue weighted by Gasteiger charge is -2.01. The van der Waals surface area contributed by atoms with E-state index in [4.69, 9.17) is 5.73 Å². The maximum Gasteiger partial charge on any atom is 0.350 e. The summed E-state index contributed by atoms with van der Waals surface area (Å²) in [6.45, 7) is 1.80. The van der Waals surface area contributed by atoms with Gasteiger partial charge in [-0.15, -0.1) is 11.3 Å². The van der Waals surface area contributed by atoms with E-state index in [1.54, 1.807) is 19.1 Å². The maximum atomic E-state index is 13.6. The molecule has 1 aromatic carbocycles. The summed E-state index contributed by atoms with van der Waals surface area (Å²) in [5.74, 6) is -0.835. The number of carbonyl (C=O) groups excluding carboxylic acids is 1. The van der Waals surface area contributed by atoms with Crippen molar-refractivity contribution in [3.05, 3.63) is 38.9 Å². The molecule has 0 unspecified atom stereocenters. The summed E-state index contributed by atoms with van der Waals surface area (Å²) in [4.78, 5) is 12.7. The molecular weight excluding hydrogens is 333 g/mol. The summed E-state index contributed by atoms with van der Waals surface area (Å²) in [6.07, 6.45) is 0. The van der Waals surface area contributed by atoms with Crippen LogP contribution in [0.2, 0.25) is 0 Å². The van der Waals surface area contributed by atoms with Crippen molar-refractivity contribution in [2.75, 3.05) is 12.8 Å². The third kappa shape index (κ3) is 2.50. The van der Waals surface area contributed by atoms with Gasteiger partial charge in [-0.1, -0.05) is 6.07 Å². The summed E-state index contributed by atoms with van der Waals surface area (Å²) in [7, 11) is 1.30. The van der Waals surface area contributed by atoms with Crippen molar-refractivity contribution in [3.8, 4) is 10.4 Å². The fraction of sp³-hybridized carbons (Fsp3) is 0.154. The Balaban J connectivity index is 2.57. The highest BCUT2D eigenvalue weighted by atomic mass is 79.9. The molecule has 0 spiro atoms. The van der Waals surface area contributed by atoms with Crippen molar-refractivity contribution in [1.29, 1.82) is 0 Å². The van der Waals surface area contributed by atoms with Crippen LogP contribution >= 0.6 is 27.3 Å². The highest BCUT2D eigenvalue weighted by Gasteiger charge is 2.20. The molecule has 6 heteroatoms. The lowest BCUT2D eigenvalue weighted by molar-refractivity contribution is 0.0607. The van der Waals surface area contributed by atoms with Crippen LogP contribution in [0.25, 0.3) is 10.4 Å². The summed E-state index contributed by atoms with van der Waals surface area (Å²) in [5, 5.41) is 0. The Kier molecular flexibility index (Phi) is 3.91. The maximum absolute atomic E-state index is 13.6. The molecule has 0 bridgehead atoms. The third-order valence-corrected chi connectivity index (χ3v) is 4.73. The molecule has 0 fully saturated rings. The number of rotatable bonds is 2. The fourth-order valence-electron chi connectivity index (χ4n) is 1.68. The third-order valence-electron chi connectivity index (χ3n) is 2.75. The minimum atomic E-state index is -0.477. The van der Waals surface area contributed by atoms with Gasteiger partial charge in [0.25, 0.3) is 0 Å². The number of halogens is 2. The number of carbonyl (C=O) groups is 1. The largest absolute Gasteiger partial charge is 0.465 e. The zero-order chi connectivity index (χ0) is 14.2. The molecule has 0 aliphatic carbocycles. The molecule has 0 radical (unpaired) electrons. The summed E-state index contributed by atoms with van der Waals surface area (Å²) >= 11 is 4.31. The molecule has 3 nitrogen and oxygen atoms in total. The number of benzene rings is 1. The van der Waals surface area contributed by atoms with Crippen molar-refractivity contribution < 1.29 is 13.9 Å². The molecule has 0 aliphatic rings. The second-order valence-corrected chi connectivity index (χ2v) is 5.79. The van der Waals surface area contributed by atoms with Crippen LogP contribution in [0.4, 0.5) is 10.1 Å². The molecule has 1 aromatic heterocycles. The summed E-state index contributed by atoms with van der Waals surface area (Å²) in [6, 6.07) is 4.80. The summed E-state index contributed by atoms with van der Waals surface area (Å²) in [5.41, 5.74) is 7.72. The van der Waals surface area contributed by atoms with Gasteiger partial charge in [0, 0.05) is 4.88 Å². The second kappa shape index (κ2) is 5.30. The molecule has 2 rings (SSSR count). The van der Waals surface area contributed by atoms with Crippen LogP contribution in [0.3, 0.4) is 0 Å². The van der Waals surface area contributed by atoms with Gasteiger partial charge in [0.15, 0.2) is 0 Å². The number of esters is 1. The zero-order valence-electron chi connectivity index (χ0n) is 10.3. The number of nitrogens with two attached hydrogens (primary N) is 1. The monoisotopic (exact) mass is 343 g/mol. The van der Waals surface area contributed by atoms with Crippen LogP contribution in [0.15, 0.2) is 22.7 Å². The molecule has 0 saturated heterocycles. The van der Waals surface area contributed by atoms with Gasteiger partial charge in [0.2, 0.25) is 0 Å². The molecule has 0 amide bonds. The van der Waals surface area contributed by atoms with E-state index >= 15 is 0 Å². The number of hydrogen-bond acceptors (Lipinski definition) is 4. The molecular formula is C13H11BrFNO2S. The van der Waals surface area contributed by atoms with E-state index in [0.29, 0.717) is 20.6 Å². The Morgan fingerprint density at radius 3 is 2.74 bits per heavy atom. The highest BCUT2D eigenvalue weighted by molar-refractivity contribution is 9.10. The SMILES string of the molecule is COC(=O)c1sc(-c2ccc(Br)c(F)c2)c(C)c1N. The average Bonchev–Trinajstić information content (AvgIpc) is 2.69. The molecule has 100 valence electrons. The molecule has 0 aliphatic heterocycles. The van der Waals surface area contributed by atoms with Gasteiger partial charge in [-0.3, -0.25) is 0 Å². The number of thiophene rings is 1. The van der Waals surface area contributed by atoms with E-state index in [0.717, 1.165) is 10.4 Å². The van der Waals surface area contributed by atoms with Gasteiger partial charge >= 0.3 is 5.97 Å². The van der Waals surface area contributed by atoms with Crippen LogP contribution < -0.4 is 5.73 Å². The van der Waals surface area contributed by atoms with Crippen LogP contribution in [0.5, 0.6) is 0 Å². The number of anilines is 1. The summed E-state index contributed by atoms with van der Waals surface area (Å²) < 4.78 is 18.6. The first-order valence-electron chi connectivity index (χ1n) is 5.38. The Hall–Kier alpha value is -1.40. The quantitative estimate of drug-likeness (QED) is 0.838. The van der Waals surface area contributed by atoms with Crippen molar-refractivity contribution in [2.24, 2.45) is 0 Å². The van der Waals surface area contributed by atoms with Crippen molar-refractivity contribution in [3.63, 3.8) is 0 Å². The fourth-order valence-corrected chi connectivity index (χ4v) is 3.07. The predicted octanol–water partition coefficient (Wildman–Crippen LogP) is 3.99. The van der Waals surface area contributed by atoms with E-state index in [-0.39, 0.29) is 5.82 Å². The lowest BCUT2D eigenvalue weighted by Crippen LogP contribution is -2.01. The van der Waals surface area contributed by atoms with Gasteiger partial charge < -0.3 is 10.5 Å². The zero-order valence-corrected chi connectivity index (χ0v) is 12.7. The first-order chi connectivity index (χ1) is 8.95. The van der Waals surface area contributed by atoms with Crippen LogP contribution in [0.1, 0.15) is 15.2 Å². The Morgan fingerprint density at radius 2 is 2.16 bits per heavy atom. The van der Waals surface area contributed by atoms with Gasteiger partial charge in [-0.05, 0) is 46.1 Å². The van der Waals surface area contributed by atoms with Crippen molar-refractivity contribution >= 4 is 38.9 Å². The lowest BCUT2D eigenvalue weighted by atomic mass is 10.1. The highest BCUT2D eigenvalue weighted by Crippen LogP contribution is 2.39. The molecule has 0 atom stereocenters. The van der Waals surface area contributed by atoms with Crippen LogP contribution in [-0.2, 0) is 4.74 Å². The molecule has 2 N–H and O–H groups in total. The van der Waals surface area contributed by atoms with E-state index < -0.39 is 5.97 Å². The van der Waals surface area contributed by atoms with Crippen molar-refractivity contribution in [2.45, 2.75) is 6.92 Å². The average molecular weight is 344 g/mol. The van der Waals surface area contributed by atoms with Crippen LogP contribution in [0, 0.1) is 12.7 Å². The molecule has 2 aromatic rings. The number of nitrogen functional groups attached to an aromatic ring is 1. The van der Waals surface area contributed by atoms with E-state index in [9.17, 15) is 9.18 Å². The normalized spacial score (nSPS) is 10.5. The Labute approximate surface area is 122 Å². The topological polar surface area (TPSA) is 52.3 Å².